The van der Waals surface area contributed by atoms with Crippen molar-refractivity contribution >= 4 is 5.69 Å². The fourth-order valence-electron chi connectivity index (χ4n) is 3.15. The molecule has 0 radical (unpaired) electrons. The van der Waals surface area contributed by atoms with Crippen LogP contribution in [0.4, 0.5) is 10.1 Å². The maximum Gasteiger partial charge on any atom is 0.146 e. The smallest absolute Gasteiger partial charge is 0.146 e. The molecule has 0 amide bonds. The van der Waals surface area contributed by atoms with E-state index >= 15 is 0 Å². The number of piperidine rings is 1. The quantitative estimate of drug-likeness (QED) is 0.899. The van der Waals surface area contributed by atoms with Gasteiger partial charge in [0.25, 0.3) is 0 Å². The zero-order valence-corrected chi connectivity index (χ0v) is 13.1. The number of hydrogen-bond donors (Lipinski definition) is 1. The van der Waals surface area contributed by atoms with Gasteiger partial charge in [0.1, 0.15) is 5.82 Å². The topological polar surface area (TPSA) is 18.5 Å². The molecule has 1 heterocycles. The van der Waals surface area contributed by atoms with Crippen molar-refractivity contribution in [3.63, 3.8) is 0 Å². The van der Waals surface area contributed by atoms with E-state index < -0.39 is 0 Å². The van der Waals surface area contributed by atoms with Crippen LogP contribution in [-0.2, 0) is 6.54 Å². The third kappa shape index (κ3) is 3.74. The molecular weight excluding hydrogens is 265 g/mol. The van der Waals surface area contributed by atoms with Crippen LogP contribution in [0.25, 0.3) is 0 Å². The van der Waals surface area contributed by atoms with Crippen LogP contribution < -0.4 is 10.2 Å². The summed E-state index contributed by atoms with van der Waals surface area (Å²) < 4.78 is 14.4. The van der Waals surface area contributed by atoms with Gasteiger partial charge in [-0.3, -0.25) is 0 Å². The lowest BCUT2D eigenvalue weighted by atomic mass is 10.0. The minimum atomic E-state index is -0.0965. The van der Waals surface area contributed by atoms with Gasteiger partial charge in [0.2, 0.25) is 0 Å². The minimum absolute atomic E-state index is 0.0965. The lowest BCUT2D eigenvalue weighted by Crippen LogP contribution is -2.45. The molecule has 1 saturated carbocycles. The third-order valence-corrected chi connectivity index (χ3v) is 4.71. The average molecular weight is 291 g/mol. The Morgan fingerprint density at radius 1 is 1.33 bits per heavy atom. The first-order valence-corrected chi connectivity index (χ1v) is 8.06. The molecule has 0 spiro atoms. The Labute approximate surface area is 127 Å². The van der Waals surface area contributed by atoms with Gasteiger partial charge in [-0.05, 0) is 57.0 Å². The Bertz CT molecular complexity index is 487. The van der Waals surface area contributed by atoms with E-state index in [0.717, 1.165) is 37.3 Å². The van der Waals surface area contributed by atoms with Crippen molar-refractivity contribution in [1.29, 1.82) is 0 Å². The van der Waals surface area contributed by atoms with Crippen LogP contribution >= 0.6 is 0 Å². The predicted molar refractivity (Wildman–Crippen MR) is 85.2 cm³/mol. The van der Waals surface area contributed by atoms with Crippen molar-refractivity contribution in [2.45, 2.75) is 44.3 Å². The highest BCUT2D eigenvalue weighted by molar-refractivity contribution is 5.49. The number of halogens is 1. The Morgan fingerprint density at radius 3 is 2.81 bits per heavy atom. The maximum absolute atomic E-state index is 14.4. The summed E-state index contributed by atoms with van der Waals surface area (Å²) in [7, 11) is 4.16. The van der Waals surface area contributed by atoms with E-state index in [0.29, 0.717) is 12.1 Å². The standard InChI is InChI=1S/C17H26FN3/c1-20-9-3-4-15(12-20)21(2)17-8-5-13(10-16(17)18)11-19-14-6-7-14/h5,8,10,14-15,19H,3-4,6-7,9,11-12H2,1-2H3. The summed E-state index contributed by atoms with van der Waals surface area (Å²) in [6, 6.07) is 6.75. The minimum Gasteiger partial charge on any atom is -0.368 e. The van der Waals surface area contributed by atoms with Crippen molar-refractivity contribution in [3.8, 4) is 0 Å². The van der Waals surface area contributed by atoms with Crippen LogP contribution in [-0.4, -0.2) is 44.2 Å². The van der Waals surface area contributed by atoms with Crippen LogP contribution in [0.5, 0.6) is 0 Å². The van der Waals surface area contributed by atoms with Gasteiger partial charge in [-0.15, -0.1) is 0 Å². The van der Waals surface area contributed by atoms with E-state index in [-0.39, 0.29) is 5.82 Å². The largest absolute Gasteiger partial charge is 0.368 e. The number of nitrogens with one attached hydrogen (secondary N) is 1. The van der Waals surface area contributed by atoms with Gasteiger partial charge in [0.05, 0.1) is 5.69 Å². The molecule has 3 nitrogen and oxygen atoms in total. The number of likely N-dealkylation sites (tertiary alicyclic amines) is 1. The highest BCUT2D eigenvalue weighted by atomic mass is 19.1. The zero-order valence-electron chi connectivity index (χ0n) is 13.1. The van der Waals surface area contributed by atoms with E-state index in [1.54, 1.807) is 6.07 Å². The molecule has 0 aromatic heterocycles. The van der Waals surface area contributed by atoms with Crippen LogP contribution in [0.3, 0.4) is 0 Å². The second-order valence-corrected chi connectivity index (χ2v) is 6.61. The Morgan fingerprint density at radius 2 is 2.14 bits per heavy atom. The number of hydrogen-bond acceptors (Lipinski definition) is 3. The molecule has 4 heteroatoms. The van der Waals surface area contributed by atoms with E-state index in [4.69, 9.17) is 0 Å². The Kier molecular flexibility index (Phi) is 4.45. The van der Waals surface area contributed by atoms with Crippen molar-refractivity contribution in [1.82, 2.24) is 10.2 Å². The monoisotopic (exact) mass is 291 g/mol. The van der Waals surface area contributed by atoms with E-state index in [9.17, 15) is 4.39 Å². The molecule has 1 aromatic carbocycles. The fraction of sp³-hybridized carbons (Fsp3) is 0.647. The fourth-order valence-corrected chi connectivity index (χ4v) is 3.15. The molecule has 21 heavy (non-hydrogen) atoms. The summed E-state index contributed by atoms with van der Waals surface area (Å²) in [5.74, 6) is -0.0965. The summed E-state index contributed by atoms with van der Waals surface area (Å²) in [6.07, 6.45) is 4.86. The normalized spacial score (nSPS) is 23.3. The summed E-state index contributed by atoms with van der Waals surface area (Å²) >= 11 is 0. The summed E-state index contributed by atoms with van der Waals surface area (Å²) in [4.78, 5) is 4.44. The number of nitrogens with zero attached hydrogens (tertiary/aromatic N) is 2. The summed E-state index contributed by atoms with van der Waals surface area (Å²) in [5.41, 5.74) is 1.77. The number of likely N-dealkylation sites (N-methyl/N-ethyl adjacent to an activating group) is 2. The first-order valence-electron chi connectivity index (χ1n) is 8.06. The van der Waals surface area contributed by atoms with Gasteiger partial charge in [-0.25, -0.2) is 4.39 Å². The molecule has 1 aliphatic carbocycles. The summed E-state index contributed by atoms with van der Waals surface area (Å²) in [5, 5.41) is 3.43. The van der Waals surface area contributed by atoms with Gasteiger partial charge >= 0.3 is 0 Å². The SMILES string of the molecule is CN1CCCC(N(C)c2ccc(CNC3CC3)cc2F)C1. The lowest BCUT2D eigenvalue weighted by molar-refractivity contribution is 0.247. The zero-order chi connectivity index (χ0) is 14.8. The average Bonchev–Trinajstić information content (AvgIpc) is 3.29. The van der Waals surface area contributed by atoms with E-state index in [2.05, 4.69) is 28.2 Å². The number of rotatable bonds is 5. The summed E-state index contributed by atoms with van der Waals surface area (Å²) in [6.45, 7) is 2.94. The number of benzene rings is 1. The molecule has 1 aliphatic heterocycles. The molecule has 1 saturated heterocycles. The van der Waals surface area contributed by atoms with Gasteiger partial charge in [-0.2, -0.15) is 0 Å². The maximum atomic E-state index is 14.4. The molecule has 2 aliphatic rings. The first-order chi connectivity index (χ1) is 10.1. The first kappa shape index (κ1) is 14.8. The molecule has 1 unspecified atom stereocenters. The predicted octanol–water partition coefficient (Wildman–Crippen LogP) is 2.61. The molecular formula is C17H26FN3. The van der Waals surface area contributed by atoms with Gasteiger partial charge in [0.15, 0.2) is 0 Å². The van der Waals surface area contributed by atoms with Crippen LogP contribution in [0, 0.1) is 5.82 Å². The lowest BCUT2D eigenvalue weighted by Gasteiger charge is -2.37. The van der Waals surface area contributed by atoms with Gasteiger partial charge in [0, 0.05) is 32.2 Å². The molecule has 1 atom stereocenters. The molecule has 116 valence electrons. The molecule has 3 rings (SSSR count). The molecule has 1 N–H and O–H groups in total. The molecule has 1 aromatic rings. The van der Waals surface area contributed by atoms with Crippen LogP contribution in [0.15, 0.2) is 18.2 Å². The van der Waals surface area contributed by atoms with Crippen molar-refractivity contribution < 1.29 is 4.39 Å². The second-order valence-electron chi connectivity index (χ2n) is 6.61. The highest BCUT2D eigenvalue weighted by Crippen LogP contribution is 2.25. The Balaban J connectivity index is 1.65. The molecule has 2 fully saturated rings. The van der Waals surface area contributed by atoms with Gasteiger partial charge in [-0.1, -0.05) is 6.07 Å². The Hall–Kier alpha value is -1.13. The van der Waals surface area contributed by atoms with Crippen molar-refractivity contribution in [3.05, 3.63) is 29.6 Å². The van der Waals surface area contributed by atoms with Crippen molar-refractivity contribution in [2.24, 2.45) is 0 Å². The second kappa shape index (κ2) is 6.32. The van der Waals surface area contributed by atoms with Crippen LogP contribution in [0.1, 0.15) is 31.2 Å². The van der Waals surface area contributed by atoms with Gasteiger partial charge < -0.3 is 15.1 Å². The van der Waals surface area contributed by atoms with E-state index in [1.165, 1.54) is 19.3 Å². The third-order valence-electron chi connectivity index (χ3n) is 4.71. The number of anilines is 1. The van der Waals surface area contributed by atoms with Crippen molar-refractivity contribution in [2.75, 3.05) is 32.1 Å². The molecule has 0 bridgehead atoms. The highest BCUT2D eigenvalue weighted by Gasteiger charge is 2.23. The van der Waals surface area contributed by atoms with E-state index in [1.807, 2.05) is 13.1 Å². The van der Waals surface area contributed by atoms with Crippen LogP contribution in [0.2, 0.25) is 0 Å².